The van der Waals surface area contributed by atoms with Crippen LogP contribution in [0, 0.1) is 0 Å². The van der Waals surface area contributed by atoms with Crippen molar-refractivity contribution >= 4 is 11.6 Å². The molecule has 14 heteroatoms. The summed E-state index contributed by atoms with van der Waals surface area (Å²) in [5.41, 5.74) is -1.25. The molecule has 1 amide bonds. The van der Waals surface area contributed by atoms with Crippen LogP contribution < -0.4 is 19.7 Å². The molecule has 0 aliphatic carbocycles. The normalized spacial score (nSPS) is 18.2. The number of carbonyl (C=O) groups is 1. The number of pyridine rings is 1. The maximum Gasteiger partial charge on any atom is 0.573 e. The van der Waals surface area contributed by atoms with E-state index in [9.17, 15) is 39.9 Å². The standard InChI is InChI=1S/C27H23F8N3O3/c1-25(2,16-6-11-22(36-14-16)26(30,31)32)37-20-13-21(15-4-3-5-19(12-15)41-27(33,34)35)38(23(20)39)17-7-9-18(10-8-17)40-24(28)29/h3-12,14,20-21,24,37H,13H2,1-2H3/t20-,21-/m1/s1. The Kier molecular flexibility index (Phi) is 8.16. The number of benzene rings is 2. The first-order valence-electron chi connectivity index (χ1n) is 12.1. The van der Waals surface area contributed by atoms with Gasteiger partial charge >= 0.3 is 19.2 Å². The van der Waals surface area contributed by atoms with Gasteiger partial charge in [-0.3, -0.25) is 15.1 Å². The highest BCUT2D eigenvalue weighted by Crippen LogP contribution is 2.40. The molecule has 220 valence electrons. The maximum atomic E-state index is 13.7. The predicted octanol–water partition coefficient (Wildman–Crippen LogP) is 6.97. The fraction of sp³-hybridized carbons (Fsp3) is 0.333. The van der Waals surface area contributed by atoms with E-state index < -0.39 is 54.1 Å². The molecule has 41 heavy (non-hydrogen) atoms. The molecule has 1 saturated heterocycles. The maximum absolute atomic E-state index is 13.7. The molecule has 2 heterocycles. The van der Waals surface area contributed by atoms with Crippen molar-refractivity contribution in [1.82, 2.24) is 10.3 Å². The molecule has 6 nitrogen and oxygen atoms in total. The molecule has 0 unspecified atom stereocenters. The van der Waals surface area contributed by atoms with Crippen LogP contribution in [0.25, 0.3) is 0 Å². The molecule has 2 aromatic carbocycles. The number of alkyl halides is 8. The zero-order valence-electron chi connectivity index (χ0n) is 21.4. The van der Waals surface area contributed by atoms with E-state index in [0.717, 1.165) is 24.4 Å². The Morgan fingerprint density at radius 1 is 0.951 bits per heavy atom. The number of hydrogen-bond donors (Lipinski definition) is 1. The van der Waals surface area contributed by atoms with Crippen LogP contribution in [0.15, 0.2) is 66.9 Å². The van der Waals surface area contributed by atoms with Gasteiger partial charge < -0.3 is 14.4 Å². The lowest BCUT2D eigenvalue weighted by atomic mass is 9.93. The minimum Gasteiger partial charge on any atom is -0.435 e. The molecule has 0 saturated carbocycles. The van der Waals surface area contributed by atoms with Crippen LogP contribution in [-0.2, 0) is 16.5 Å². The number of hydrogen-bond acceptors (Lipinski definition) is 5. The van der Waals surface area contributed by atoms with Crippen LogP contribution in [0.2, 0.25) is 0 Å². The quantitative estimate of drug-likeness (QED) is 0.288. The Hall–Kier alpha value is -3.94. The van der Waals surface area contributed by atoms with Crippen molar-refractivity contribution in [2.45, 2.75) is 57.0 Å². The summed E-state index contributed by atoms with van der Waals surface area (Å²) in [5, 5.41) is 3.12. The summed E-state index contributed by atoms with van der Waals surface area (Å²) >= 11 is 0. The molecule has 1 N–H and O–H groups in total. The largest absolute Gasteiger partial charge is 0.573 e. The number of anilines is 1. The lowest BCUT2D eigenvalue weighted by Gasteiger charge is -2.30. The van der Waals surface area contributed by atoms with Gasteiger partial charge in [-0.15, -0.1) is 13.2 Å². The molecule has 4 rings (SSSR count). The van der Waals surface area contributed by atoms with E-state index >= 15 is 0 Å². The van der Waals surface area contributed by atoms with Crippen molar-refractivity contribution in [3.05, 3.63) is 83.7 Å². The summed E-state index contributed by atoms with van der Waals surface area (Å²) < 4.78 is 111. The van der Waals surface area contributed by atoms with Gasteiger partial charge in [0.1, 0.15) is 17.2 Å². The fourth-order valence-corrected chi connectivity index (χ4v) is 4.62. The van der Waals surface area contributed by atoms with Crippen molar-refractivity contribution < 1.29 is 49.4 Å². The first kappa shape index (κ1) is 30.0. The second-order valence-electron chi connectivity index (χ2n) is 9.70. The van der Waals surface area contributed by atoms with Gasteiger partial charge in [0, 0.05) is 17.4 Å². The highest BCUT2D eigenvalue weighted by atomic mass is 19.4. The molecule has 1 fully saturated rings. The van der Waals surface area contributed by atoms with Gasteiger partial charge in [0.2, 0.25) is 5.91 Å². The van der Waals surface area contributed by atoms with E-state index in [1.807, 2.05) is 0 Å². The number of rotatable bonds is 8. The lowest BCUT2D eigenvalue weighted by molar-refractivity contribution is -0.274. The SMILES string of the molecule is CC(C)(N[C@@H]1C[C@H](c2cccc(OC(F)(F)F)c2)N(c2ccc(OC(F)F)cc2)C1=O)c1ccc(C(F)(F)F)nc1. The Bertz CT molecular complexity index is 1360. The first-order valence-corrected chi connectivity index (χ1v) is 12.1. The average Bonchev–Trinajstić information content (AvgIpc) is 3.18. The van der Waals surface area contributed by atoms with E-state index in [1.165, 1.54) is 47.4 Å². The molecular weight excluding hydrogens is 566 g/mol. The Labute approximate surface area is 228 Å². The number of halogens is 8. The fourth-order valence-electron chi connectivity index (χ4n) is 4.62. The molecule has 0 spiro atoms. The molecule has 2 atom stereocenters. The molecule has 1 aliphatic rings. The average molecular weight is 589 g/mol. The molecule has 0 bridgehead atoms. The number of ether oxygens (including phenoxy) is 2. The van der Waals surface area contributed by atoms with E-state index in [-0.39, 0.29) is 17.9 Å². The van der Waals surface area contributed by atoms with Crippen LogP contribution in [-0.4, -0.2) is 29.9 Å². The number of nitrogens with one attached hydrogen (secondary N) is 1. The van der Waals surface area contributed by atoms with E-state index in [4.69, 9.17) is 0 Å². The third kappa shape index (κ3) is 7.23. The van der Waals surface area contributed by atoms with Gasteiger partial charge in [-0.25, -0.2) is 0 Å². The van der Waals surface area contributed by atoms with Gasteiger partial charge in [-0.05, 0) is 73.9 Å². The number of nitrogens with zero attached hydrogens (tertiary/aromatic N) is 2. The third-order valence-electron chi connectivity index (χ3n) is 6.43. The van der Waals surface area contributed by atoms with Crippen molar-refractivity contribution in [1.29, 1.82) is 0 Å². The van der Waals surface area contributed by atoms with Crippen molar-refractivity contribution in [3.63, 3.8) is 0 Å². The Morgan fingerprint density at radius 3 is 2.20 bits per heavy atom. The molecule has 0 radical (unpaired) electrons. The molecule has 1 aliphatic heterocycles. The van der Waals surface area contributed by atoms with Gasteiger partial charge in [0.15, 0.2) is 0 Å². The van der Waals surface area contributed by atoms with Gasteiger partial charge in [0.05, 0.1) is 12.1 Å². The smallest absolute Gasteiger partial charge is 0.435 e. The summed E-state index contributed by atoms with van der Waals surface area (Å²) in [6.07, 6.45) is -8.50. The summed E-state index contributed by atoms with van der Waals surface area (Å²) in [4.78, 5) is 18.5. The Morgan fingerprint density at radius 2 is 1.63 bits per heavy atom. The number of carbonyl (C=O) groups excluding carboxylic acids is 1. The van der Waals surface area contributed by atoms with Crippen LogP contribution in [0.1, 0.15) is 43.1 Å². The van der Waals surface area contributed by atoms with E-state index in [1.54, 1.807) is 13.8 Å². The van der Waals surface area contributed by atoms with Crippen LogP contribution in [0.4, 0.5) is 40.8 Å². The zero-order chi connectivity index (χ0) is 30.2. The third-order valence-corrected chi connectivity index (χ3v) is 6.43. The first-order chi connectivity index (χ1) is 19.0. The summed E-state index contributed by atoms with van der Waals surface area (Å²) in [6, 6.07) is 10.5. The second-order valence-corrected chi connectivity index (χ2v) is 9.70. The highest BCUT2D eigenvalue weighted by molar-refractivity contribution is 6.00. The summed E-state index contributed by atoms with van der Waals surface area (Å²) in [6.45, 7) is 0.196. The van der Waals surface area contributed by atoms with Crippen molar-refractivity contribution in [2.24, 2.45) is 0 Å². The van der Waals surface area contributed by atoms with E-state index in [2.05, 4.69) is 19.8 Å². The predicted molar refractivity (Wildman–Crippen MR) is 130 cm³/mol. The highest BCUT2D eigenvalue weighted by Gasteiger charge is 2.44. The minimum absolute atomic E-state index is 0.0427. The Balaban J connectivity index is 1.66. The molecular formula is C27H23F8N3O3. The lowest BCUT2D eigenvalue weighted by Crippen LogP contribution is -2.47. The van der Waals surface area contributed by atoms with Crippen molar-refractivity contribution in [2.75, 3.05) is 4.90 Å². The topological polar surface area (TPSA) is 63.7 Å². The van der Waals surface area contributed by atoms with Gasteiger partial charge in [0.25, 0.3) is 0 Å². The van der Waals surface area contributed by atoms with E-state index in [0.29, 0.717) is 11.1 Å². The summed E-state index contributed by atoms with van der Waals surface area (Å²) in [5.74, 6) is -1.18. The van der Waals surface area contributed by atoms with Crippen LogP contribution in [0.5, 0.6) is 11.5 Å². The van der Waals surface area contributed by atoms with Gasteiger partial charge in [-0.2, -0.15) is 22.0 Å². The number of aromatic nitrogens is 1. The molecule has 1 aromatic heterocycles. The second kappa shape index (κ2) is 11.1. The van der Waals surface area contributed by atoms with Crippen molar-refractivity contribution in [3.8, 4) is 11.5 Å². The summed E-state index contributed by atoms with van der Waals surface area (Å²) in [7, 11) is 0. The molecule has 3 aromatic rings. The van der Waals surface area contributed by atoms with Crippen LogP contribution in [0.3, 0.4) is 0 Å². The minimum atomic E-state index is -4.95. The van der Waals surface area contributed by atoms with Gasteiger partial charge in [-0.1, -0.05) is 18.2 Å². The monoisotopic (exact) mass is 589 g/mol. The van der Waals surface area contributed by atoms with Crippen LogP contribution >= 0.6 is 0 Å². The zero-order valence-corrected chi connectivity index (χ0v) is 21.4. The number of amides is 1.